The van der Waals surface area contributed by atoms with Gasteiger partial charge in [0.05, 0.1) is 0 Å². The summed E-state index contributed by atoms with van der Waals surface area (Å²) in [7, 11) is 0. The van der Waals surface area contributed by atoms with Gasteiger partial charge in [0.25, 0.3) is 0 Å². The van der Waals surface area contributed by atoms with Crippen LogP contribution in [0, 0.1) is 0 Å². The van der Waals surface area contributed by atoms with E-state index in [4.69, 9.17) is 0 Å². The Kier molecular flexibility index (Phi) is 2.97. The Morgan fingerprint density at radius 2 is 2.11 bits per heavy atom. The second-order valence-corrected chi connectivity index (χ2v) is 5.54. The van der Waals surface area contributed by atoms with Crippen LogP contribution in [0.15, 0.2) is 18.2 Å². The molecule has 0 bridgehead atoms. The molecule has 98 valence electrons. The third-order valence-electron chi connectivity index (χ3n) is 2.93. The normalized spacial score (nSPS) is 24.9. The molecule has 1 N–H and O–H groups in total. The molecule has 3 nitrogen and oxygen atoms in total. The number of fused-ring (bicyclic) bond motifs is 1. The minimum Gasteiger partial charge on any atom is -0.395 e. The van der Waals surface area contributed by atoms with Gasteiger partial charge >= 0.3 is 6.29 Å². The lowest BCUT2D eigenvalue weighted by molar-refractivity contribution is -0.286. The Labute approximate surface area is 108 Å². The number of alkyl halides is 2. The zero-order valence-corrected chi connectivity index (χ0v) is 10.4. The molecule has 2 aliphatic heterocycles. The molecule has 18 heavy (non-hydrogen) atoms. The van der Waals surface area contributed by atoms with Gasteiger partial charge in [-0.15, -0.1) is 8.78 Å². The maximum Gasteiger partial charge on any atom is 0.586 e. The molecule has 1 aromatic rings. The second kappa shape index (κ2) is 4.50. The molecule has 2 heterocycles. The van der Waals surface area contributed by atoms with Crippen molar-refractivity contribution in [3.05, 3.63) is 18.2 Å². The van der Waals surface area contributed by atoms with Crippen molar-refractivity contribution in [3.63, 3.8) is 0 Å². The van der Waals surface area contributed by atoms with E-state index in [9.17, 15) is 8.78 Å². The Bertz CT molecular complexity index is 450. The highest BCUT2D eigenvalue weighted by Crippen LogP contribution is 2.42. The lowest BCUT2D eigenvalue weighted by atomic mass is 10.1. The number of halogens is 2. The number of nitrogens with one attached hydrogen (secondary N) is 1. The van der Waals surface area contributed by atoms with Gasteiger partial charge in [0.2, 0.25) is 0 Å². The van der Waals surface area contributed by atoms with E-state index in [1.54, 1.807) is 12.1 Å². The van der Waals surface area contributed by atoms with Crippen molar-refractivity contribution in [2.75, 3.05) is 16.8 Å². The van der Waals surface area contributed by atoms with Crippen molar-refractivity contribution in [2.24, 2.45) is 0 Å². The SMILES string of the molecule is FC1(F)Oc2ccc(NC3CCCSC3)cc2O1. The number of rotatable bonds is 2. The minimum absolute atomic E-state index is 0.0866. The molecule has 0 saturated carbocycles. The van der Waals surface area contributed by atoms with Gasteiger partial charge in [-0.1, -0.05) is 0 Å². The van der Waals surface area contributed by atoms with Crippen LogP contribution in [0.3, 0.4) is 0 Å². The summed E-state index contributed by atoms with van der Waals surface area (Å²) in [6, 6.07) is 5.21. The van der Waals surface area contributed by atoms with Gasteiger partial charge in [0.15, 0.2) is 11.5 Å². The molecule has 6 heteroatoms. The van der Waals surface area contributed by atoms with E-state index < -0.39 is 6.29 Å². The van der Waals surface area contributed by atoms with Crippen LogP contribution >= 0.6 is 11.8 Å². The summed E-state index contributed by atoms with van der Waals surface area (Å²) in [6.45, 7) is 0. The van der Waals surface area contributed by atoms with Gasteiger partial charge < -0.3 is 14.8 Å². The molecule has 1 aromatic carbocycles. The second-order valence-electron chi connectivity index (χ2n) is 4.39. The van der Waals surface area contributed by atoms with Crippen LogP contribution in [0.25, 0.3) is 0 Å². The summed E-state index contributed by atoms with van der Waals surface area (Å²) in [5.41, 5.74) is 0.794. The van der Waals surface area contributed by atoms with E-state index in [2.05, 4.69) is 14.8 Å². The first-order chi connectivity index (χ1) is 8.62. The Morgan fingerprint density at radius 3 is 2.89 bits per heavy atom. The average Bonchev–Trinajstić information content (AvgIpc) is 2.63. The summed E-state index contributed by atoms with van der Waals surface area (Å²) >= 11 is 1.91. The largest absolute Gasteiger partial charge is 0.586 e. The molecule has 1 saturated heterocycles. The number of anilines is 1. The van der Waals surface area contributed by atoms with Crippen LogP contribution in [0.5, 0.6) is 11.5 Å². The van der Waals surface area contributed by atoms with Gasteiger partial charge in [-0.2, -0.15) is 11.8 Å². The highest BCUT2D eigenvalue weighted by molar-refractivity contribution is 7.99. The monoisotopic (exact) mass is 273 g/mol. The van der Waals surface area contributed by atoms with E-state index >= 15 is 0 Å². The summed E-state index contributed by atoms with van der Waals surface area (Å²) in [4.78, 5) is 0. The van der Waals surface area contributed by atoms with Crippen LogP contribution in [0.4, 0.5) is 14.5 Å². The first-order valence-electron chi connectivity index (χ1n) is 5.87. The number of benzene rings is 1. The van der Waals surface area contributed by atoms with E-state index in [0.717, 1.165) is 17.9 Å². The van der Waals surface area contributed by atoms with E-state index in [1.165, 1.54) is 18.2 Å². The fraction of sp³-hybridized carbons (Fsp3) is 0.500. The van der Waals surface area contributed by atoms with Crippen molar-refractivity contribution in [1.29, 1.82) is 0 Å². The zero-order valence-electron chi connectivity index (χ0n) is 9.62. The van der Waals surface area contributed by atoms with Gasteiger partial charge in [-0.3, -0.25) is 0 Å². The molecular weight excluding hydrogens is 260 g/mol. The lowest BCUT2D eigenvalue weighted by Crippen LogP contribution is -2.26. The molecule has 3 rings (SSSR count). The van der Waals surface area contributed by atoms with Crippen LogP contribution in [-0.4, -0.2) is 23.8 Å². The molecule has 0 radical (unpaired) electrons. The Balaban J connectivity index is 1.71. The molecule has 1 unspecified atom stereocenters. The van der Waals surface area contributed by atoms with E-state index in [1.807, 2.05) is 11.8 Å². The van der Waals surface area contributed by atoms with Crippen molar-refractivity contribution in [1.82, 2.24) is 0 Å². The molecule has 0 aromatic heterocycles. The van der Waals surface area contributed by atoms with Crippen molar-refractivity contribution >= 4 is 17.4 Å². The Morgan fingerprint density at radius 1 is 1.28 bits per heavy atom. The average molecular weight is 273 g/mol. The molecule has 0 aliphatic carbocycles. The maximum absolute atomic E-state index is 12.9. The van der Waals surface area contributed by atoms with Gasteiger partial charge in [0.1, 0.15) is 0 Å². The quantitative estimate of drug-likeness (QED) is 0.895. The van der Waals surface area contributed by atoms with Crippen LogP contribution in [0.1, 0.15) is 12.8 Å². The molecular formula is C12H13F2NO2S. The van der Waals surface area contributed by atoms with Gasteiger partial charge in [-0.05, 0) is 30.7 Å². The molecule has 0 amide bonds. The summed E-state index contributed by atoms with van der Waals surface area (Å²) in [5, 5.41) is 3.34. The third kappa shape index (κ3) is 2.48. The minimum atomic E-state index is -3.54. The van der Waals surface area contributed by atoms with Gasteiger partial charge in [0, 0.05) is 23.5 Å². The van der Waals surface area contributed by atoms with E-state index in [0.29, 0.717) is 6.04 Å². The standard InChI is InChI=1S/C12H13F2NO2S/c13-12(14)16-10-4-3-8(6-11(10)17-12)15-9-2-1-5-18-7-9/h3-4,6,9,15H,1-2,5,7H2. The number of hydrogen-bond acceptors (Lipinski definition) is 4. The molecule has 1 fully saturated rings. The number of hydrogen-bond donors (Lipinski definition) is 1. The van der Waals surface area contributed by atoms with Crippen molar-refractivity contribution < 1.29 is 18.3 Å². The zero-order chi connectivity index (χ0) is 12.6. The van der Waals surface area contributed by atoms with Crippen LogP contribution in [0.2, 0.25) is 0 Å². The first-order valence-corrected chi connectivity index (χ1v) is 7.02. The topological polar surface area (TPSA) is 30.5 Å². The van der Waals surface area contributed by atoms with E-state index in [-0.39, 0.29) is 11.5 Å². The molecule has 2 aliphatic rings. The summed E-state index contributed by atoms with van der Waals surface area (Å²) in [5.74, 6) is 2.42. The van der Waals surface area contributed by atoms with Gasteiger partial charge in [-0.25, -0.2) is 0 Å². The van der Waals surface area contributed by atoms with Crippen LogP contribution < -0.4 is 14.8 Å². The predicted molar refractivity (Wildman–Crippen MR) is 66.6 cm³/mol. The third-order valence-corrected chi connectivity index (χ3v) is 4.15. The first kappa shape index (κ1) is 11.9. The number of ether oxygens (including phenoxy) is 2. The number of thioether (sulfide) groups is 1. The molecule has 1 atom stereocenters. The Hall–Kier alpha value is -1.17. The van der Waals surface area contributed by atoms with Crippen LogP contribution in [-0.2, 0) is 0 Å². The summed E-state index contributed by atoms with van der Waals surface area (Å²) < 4.78 is 34.5. The highest BCUT2D eigenvalue weighted by Gasteiger charge is 2.43. The predicted octanol–water partition coefficient (Wildman–Crippen LogP) is 3.32. The lowest BCUT2D eigenvalue weighted by Gasteiger charge is -2.23. The smallest absolute Gasteiger partial charge is 0.395 e. The fourth-order valence-electron chi connectivity index (χ4n) is 2.13. The van der Waals surface area contributed by atoms with Crippen molar-refractivity contribution in [3.8, 4) is 11.5 Å². The highest BCUT2D eigenvalue weighted by atomic mass is 32.2. The van der Waals surface area contributed by atoms with Crippen molar-refractivity contribution in [2.45, 2.75) is 25.2 Å². The fourth-order valence-corrected chi connectivity index (χ4v) is 3.20. The maximum atomic E-state index is 12.9. The molecule has 0 spiro atoms. The summed E-state index contributed by atoms with van der Waals surface area (Å²) in [6.07, 6.45) is -1.25.